The van der Waals surface area contributed by atoms with Crippen LogP contribution in [0.2, 0.25) is 0 Å². The molecule has 13 nitrogen and oxygen atoms in total. The summed E-state index contributed by atoms with van der Waals surface area (Å²) in [6.07, 6.45) is -16.0. The van der Waals surface area contributed by atoms with Crippen LogP contribution in [0.3, 0.4) is 0 Å². The highest BCUT2D eigenvalue weighted by Crippen LogP contribution is 2.30. The molecule has 0 radical (unpaired) electrons. The molecule has 0 bridgehead atoms. The van der Waals surface area contributed by atoms with Crippen LogP contribution in [0.5, 0.6) is 0 Å². The van der Waals surface area contributed by atoms with Crippen molar-refractivity contribution in [3.63, 3.8) is 0 Å². The summed E-state index contributed by atoms with van der Waals surface area (Å²) in [5.74, 6) is -0.882. The standard InChI is InChI=1S/C14H24O13/c1-4(17)26-27-12-8(19)7(18)5(2-15)24-14(12)25-11-6(3-16)23-13(22)10(21)9(11)20/h5-16,18-22H,2-3H2,1H3/t5-,6-,7+,8+,9-,10-,11-,12-,13-,14+/m1/s1. The molecule has 0 unspecified atom stereocenters. The Balaban J connectivity index is 2.20. The summed E-state index contributed by atoms with van der Waals surface area (Å²) >= 11 is 0. The molecule has 158 valence electrons. The molecule has 13 heteroatoms. The summed E-state index contributed by atoms with van der Waals surface area (Å²) in [4.78, 5) is 20.0. The normalized spacial score (nSPS) is 45.5. The van der Waals surface area contributed by atoms with Gasteiger partial charge < -0.3 is 50.0 Å². The highest BCUT2D eigenvalue weighted by molar-refractivity contribution is 5.65. The smallest absolute Gasteiger partial charge is 0.339 e. The van der Waals surface area contributed by atoms with Crippen LogP contribution in [0.4, 0.5) is 0 Å². The first-order valence-electron chi connectivity index (χ1n) is 8.13. The number of carbonyl (C=O) groups is 1. The number of carbonyl (C=O) groups excluding carboxylic acids is 1. The second kappa shape index (κ2) is 9.49. The third kappa shape index (κ3) is 4.90. The van der Waals surface area contributed by atoms with Gasteiger partial charge in [-0.15, -0.1) is 0 Å². The summed E-state index contributed by atoms with van der Waals surface area (Å²) in [5.41, 5.74) is 0. The minimum atomic E-state index is -1.78. The van der Waals surface area contributed by atoms with Crippen molar-refractivity contribution in [1.82, 2.24) is 0 Å². The molecule has 2 rings (SSSR count). The van der Waals surface area contributed by atoms with E-state index in [1.807, 2.05) is 0 Å². The molecular formula is C14H24O13. The van der Waals surface area contributed by atoms with E-state index in [1.54, 1.807) is 0 Å². The highest BCUT2D eigenvalue weighted by Gasteiger charge is 2.51. The third-order valence-corrected chi connectivity index (χ3v) is 4.23. The van der Waals surface area contributed by atoms with Crippen molar-refractivity contribution in [3.8, 4) is 0 Å². The predicted octanol–water partition coefficient (Wildman–Crippen LogP) is -4.89. The van der Waals surface area contributed by atoms with Crippen LogP contribution in [-0.2, 0) is 28.8 Å². The molecule has 27 heavy (non-hydrogen) atoms. The Morgan fingerprint density at radius 2 is 1.44 bits per heavy atom. The van der Waals surface area contributed by atoms with E-state index >= 15 is 0 Å². The lowest BCUT2D eigenvalue weighted by Crippen LogP contribution is -2.64. The number of aliphatic hydroxyl groups is 7. The molecule has 0 amide bonds. The van der Waals surface area contributed by atoms with Crippen molar-refractivity contribution < 1.29 is 64.5 Å². The van der Waals surface area contributed by atoms with Gasteiger partial charge in [0.05, 0.1) is 13.2 Å². The van der Waals surface area contributed by atoms with Crippen molar-refractivity contribution >= 4 is 5.97 Å². The number of ether oxygens (including phenoxy) is 3. The van der Waals surface area contributed by atoms with Crippen LogP contribution < -0.4 is 0 Å². The lowest BCUT2D eigenvalue weighted by molar-refractivity contribution is -0.406. The zero-order chi connectivity index (χ0) is 20.3. The van der Waals surface area contributed by atoms with Crippen LogP contribution in [0.15, 0.2) is 0 Å². The molecule has 10 atom stereocenters. The summed E-state index contributed by atoms with van der Waals surface area (Å²) in [6, 6.07) is 0. The largest absolute Gasteiger partial charge is 0.394 e. The van der Waals surface area contributed by atoms with Gasteiger partial charge in [-0.25, -0.2) is 4.79 Å². The van der Waals surface area contributed by atoms with Crippen LogP contribution >= 0.6 is 0 Å². The number of rotatable bonds is 6. The number of hydrogen-bond acceptors (Lipinski definition) is 13. The van der Waals surface area contributed by atoms with E-state index in [0.29, 0.717) is 0 Å². The molecule has 2 aliphatic rings. The highest BCUT2D eigenvalue weighted by atomic mass is 17.2. The predicted molar refractivity (Wildman–Crippen MR) is 79.3 cm³/mol. The van der Waals surface area contributed by atoms with Crippen molar-refractivity contribution in [1.29, 1.82) is 0 Å². The maximum absolute atomic E-state index is 11.0. The topological polar surface area (TPSA) is 205 Å². The Bertz CT molecular complexity index is 488. The third-order valence-electron chi connectivity index (χ3n) is 4.23. The van der Waals surface area contributed by atoms with Gasteiger partial charge in [-0.3, -0.25) is 4.89 Å². The monoisotopic (exact) mass is 400 g/mol. The molecule has 0 aromatic heterocycles. The molecule has 0 aromatic carbocycles. The summed E-state index contributed by atoms with van der Waals surface area (Å²) in [5, 5.41) is 68.1. The molecule has 7 N–H and O–H groups in total. The van der Waals surface area contributed by atoms with E-state index in [1.165, 1.54) is 0 Å². The minimum absolute atomic E-state index is 0.715. The fourth-order valence-electron chi connectivity index (χ4n) is 2.78. The molecule has 2 fully saturated rings. The maximum Gasteiger partial charge on any atom is 0.339 e. The second-order valence-electron chi connectivity index (χ2n) is 6.17. The SMILES string of the molecule is CC(=O)OO[C@H]1[C@H](O[C@H]2[C@H](O)[C@@H](O)[C@H](O)O[C@@H]2CO)O[C@H](CO)[C@H](O)[C@@H]1O. The Hall–Kier alpha value is -0.970. The van der Waals surface area contributed by atoms with Gasteiger partial charge in [0, 0.05) is 6.92 Å². The summed E-state index contributed by atoms with van der Waals surface area (Å²) < 4.78 is 15.6. The summed E-state index contributed by atoms with van der Waals surface area (Å²) in [7, 11) is 0. The van der Waals surface area contributed by atoms with Gasteiger partial charge in [0.15, 0.2) is 18.7 Å². The molecule has 2 heterocycles. The van der Waals surface area contributed by atoms with Crippen LogP contribution in [-0.4, -0.2) is 116 Å². The molecule has 0 aromatic rings. The van der Waals surface area contributed by atoms with Gasteiger partial charge in [0.1, 0.15) is 42.7 Å². The Kier molecular flexibility index (Phi) is 7.84. The lowest BCUT2D eigenvalue weighted by atomic mass is 9.97. The van der Waals surface area contributed by atoms with E-state index in [2.05, 4.69) is 4.89 Å². The zero-order valence-corrected chi connectivity index (χ0v) is 14.3. The van der Waals surface area contributed by atoms with E-state index in [0.717, 1.165) is 6.92 Å². The Labute approximate surface area is 153 Å². The van der Waals surface area contributed by atoms with E-state index in [9.17, 15) is 40.5 Å². The average Bonchev–Trinajstić information content (AvgIpc) is 2.63. The first kappa shape index (κ1) is 22.3. The van der Waals surface area contributed by atoms with E-state index in [-0.39, 0.29) is 0 Å². The van der Waals surface area contributed by atoms with Gasteiger partial charge in [-0.2, -0.15) is 4.89 Å². The van der Waals surface area contributed by atoms with E-state index in [4.69, 9.17) is 19.1 Å². The van der Waals surface area contributed by atoms with Crippen molar-refractivity contribution in [3.05, 3.63) is 0 Å². The molecular weight excluding hydrogens is 376 g/mol. The fourth-order valence-corrected chi connectivity index (χ4v) is 2.78. The van der Waals surface area contributed by atoms with Gasteiger partial charge >= 0.3 is 5.97 Å². The Morgan fingerprint density at radius 1 is 0.852 bits per heavy atom. The van der Waals surface area contributed by atoms with Crippen LogP contribution in [0.25, 0.3) is 0 Å². The molecule has 2 aliphatic heterocycles. The quantitative estimate of drug-likeness (QED) is 0.165. The molecule has 0 spiro atoms. The molecule has 0 saturated carbocycles. The first-order chi connectivity index (χ1) is 12.7. The van der Waals surface area contributed by atoms with Gasteiger partial charge in [0.25, 0.3) is 0 Å². The lowest BCUT2D eigenvalue weighted by Gasteiger charge is -2.45. The average molecular weight is 400 g/mol. The van der Waals surface area contributed by atoms with Crippen LogP contribution in [0.1, 0.15) is 6.92 Å². The molecule has 0 aliphatic carbocycles. The fraction of sp³-hybridized carbons (Fsp3) is 0.929. The van der Waals surface area contributed by atoms with Crippen molar-refractivity contribution in [2.45, 2.75) is 68.3 Å². The van der Waals surface area contributed by atoms with Gasteiger partial charge in [-0.1, -0.05) is 0 Å². The van der Waals surface area contributed by atoms with Crippen molar-refractivity contribution in [2.75, 3.05) is 13.2 Å². The number of aliphatic hydroxyl groups excluding tert-OH is 7. The van der Waals surface area contributed by atoms with Crippen molar-refractivity contribution in [2.24, 2.45) is 0 Å². The first-order valence-corrected chi connectivity index (χ1v) is 8.13. The van der Waals surface area contributed by atoms with E-state index < -0.39 is 80.6 Å². The summed E-state index contributed by atoms with van der Waals surface area (Å²) in [6.45, 7) is -0.424. The van der Waals surface area contributed by atoms with Gasteiger partial charge in [0.2, 0.25) is 0 Å². The van der Waals surface area contributed by atoms with Gasteiger partial charge in [-0.05, 0) is 0 Å². The molecule has 2 saturated heterocycles. The minimum Gasteiger partial charge on any atom is -0.394 e. The van der Waals surface area contributed by atoms with Crippen LogP contribution in [0, 0.1) is 0 Å². The Morgan fingerprint density at radius 3 is 2.00 bits per heavy atom. The number of hydrogen-bond donors (Lipinski definition) is 7. The second-order valence-corrected chi connectivity index (χ2v) is 6.17. The zero-order valence-electron chi connectivity index (χ0n) is 14.3. The maximum atomic E-state index is 11.0.